The van der Waals surface area contributed by atoms with Crippen LogP contribution < -0.4 is 0 Å². The Morgan fingerprint density at radius 2 is 1.89 bits per heavy atom. The molecule has 0 heterocycles. The van der Waals surface area contributed by atoms with E-state index in [0.717, 1.165) is 21.8 Å². The van der Waals surface area contributed by atoms with Gasteiger partial charge in [0, 0.05) is 20.0 Å². The van der Waals surface area contributed by atoms with Crippen molar-refractivity contribution in [2.75, 3.05) is 0 Å². The molecule has 0 spiro atoms. The molecule has 0 saturated heterocycles. The van der Waals surface area contributed by atoms with Gasteiger partial charge >= 0.3 is 0 Å². The lowest BCUT2D eigenvalue weighted by Gasteiger charge is -2.06. The number of hydrogen-bond donors (Lipinski definition) is 0. The van der Waals surface area contributed by atoms with Gasteiger partial charge in [0.05, 0.1) is 0 Å². The van der Waals surface area contributed by atoms with E-state index in [1.165, 1.54) is 0 Å². The lowest BCUT2D eigenvalue weighted by Crippen LogP contribution is -2.07. The number of carbonyl (C=O) groups is 1. The maximum atomic E-state index is 13.5. The summed E-state index contributed by atoms with van der Waals surface area (Å²) < 4.78 is 28.1. The van der Waals surface area contributed by atoms with Crippen molar-refractivity contribution in [1.82, 2.24) is 0 Å². The summed E-state index contributed by atoms with van der Waals surface area (Å²) in [5.41, 5.74) is 0.534. The van der Waals surface area contributed by atoms with Gasteiger partial charge in [0.15, 0.2) is 5.78 Å². The molecular weight excluding hydrogens is 429 g/mol. The van der Waals surface area contributed by atoms with Crippen LogP contribution in [-0.2, 0) is 6.42 Å². The zero-order valence-corrected chi connectivity index (χ0v) is 13.3. The molecule has 1 nitrogen and oxygen atoms in total. The van der Waals surface area contributed by atoms with Crippen LogP contribution in [0, 0.1) is 15.2 Å². The van der Waals surface area contributed by atoms with Crippen molar-refractivity contribution in [1.29, 1.82) is 0 Å². The number of ketones is 1. The van der Waals surface area contributed by atoms with Crippen LogP contribution in [0.1, 0.15) is 15.9 Å². The van der Waals surface area contributed by atoms with Gasteiger partial charge in [-0.2, -0.15) is 0 Å². The highest BCUT2D eigenvalue weighted by Crippen LogP contribution is 2.22. The quantitative estimate of drug-likeness (QED) is 0.501. The summed E-state index contributed by atoms with van der Waals surface area (Å²) in [7, 11) is 0. The number of benzene rings is 2. The molecule has 0 amide bonds. The summed E-state index contributed by atoms with van der Waals surface area (Å²) in [6.45, 7) is 0. The van der Waals surface area contributed by atoms with Gasteiger partial charge in [-0.1, -0.05) is 15.9 Å². The molecule has 2 rings (SSSR count). The van der Waals surface area contributed by atoms with E-state index >= 15 is 0 Å². The summed E-state index contributed by atoms with van der Waals surface area (Å²) in [6.07, 6.45) is -0.164. The fourth-order valence-electron chi connectivity index (χ4n) is 1.66. The minimum Gasteiger partial charge on any atom is -0.294 e. The van der Waals surface area contributed by atoms with Gasteiger partial charge in [-0.3, -0.25) is 4.79 Å². The molecule has 0 fully saturated rings. The third kappa shape index (κ3) is 3.60. The van der Waals surface area contributed by atoms with Crippen molar-refractivity contribution < 1.29 is 13.6 Å². The molecular formula is C14H8BrF2IO. The summed E-state index contributed by atoms with van der Waals surface area (Å²) >= 11 is 5.38. The van der Waals surface area contributed by atoms with Gasteiger partial charge in [-0.25, -0.2) is 8.78 Å². The van der Waals surface area contributed by atoms with E-state index in [-0.39, 0.29) is 17.8 Å². The predicted octanol–water partition coefficient (Wildman–Crippen LogP) is 4.76. The molecule has 0 saturated carbocycles. The van der Waals surface area contributed by atoms with Gasteiger partial charge in [0.2, 0.25) is 0 Å². The first-order valence-corrected chi connectivity index (χ1v) is 7.26. The van der Waals surface area contributed by atoms with Crippen molar-refractivity contribution >= 4 is 44.3 Å². The summed E-state index contributed by atoms with van der Waals surface area (Å²) in [6, 6.07) is 8.44. The number of Topliss-reactive ketones (excluding diaryl/α,β-unsaturated/α-hetero) is 1. The molecule has 98 valence electrons. The van der Waals surface area contributed by atoms with Crippen molar-refractivity contribution in [3.63, 3.8) is 0 Å². The van der Waals surface area contributed by atoms with E-state index in [1.54, 1.807) is 12.1 Å². The van der Waals surface area contributed by atoms with Crippen LogP contribution in [0.15, 0.2) is 40.9 Å². The maximum Gasteiger partial charge on any atom is 0.168 e. The predicted molar refractivity (Wildman–Crippen MR) is 81.3 cm³/mol. The Bertz CT molecular complexity index is 643. The van der Waals surface area contributed by atoms with E-state index in [1.807, 2.05) is 6.07 Å². The van der Waals surface area contributed by atoms with E-state index in [0.29, 0.717) is 10.0 Å². The Balaban J connectivity index is 2.30. The Morgan fingerprint density at radius 1 is 1.16 bits per heavy atom. The van der Waals surface area contributed by atoms with Gasteiger partial charge in [-0.05, 0) is 64.6 Å². The average molecular weight is 437 g/mol. The standard InChI is InChI=1S/C14H8BrF2IO/c15-12-3-2-10(18)7-11(12)14(19)6-8-5-9(16)1-4-13(8)17/h1-5,7H,6H2. The van der Waals surface area contributed by atoms with Gasteiger partial charge in [-0.15, -0.1) is 0 Å². The first-order valence-electron chi connectivity index (χ1n) is 5.39. The largest absolute Gasteiger partial charge is 0.294 e. The second kappa shape index (κ2) is 6.09. The fraction of sp³-hybridized carbons (Fsp3) is 0.0714. The van der Waals surface area contributed by atoms with Crippen LogP contribution in [-0.4, -0.2) is 5.78 Å². The average Bonchev–Trinajstić information content (AvgIpc) is 2.36. The smallest absolute Gasteiger partial charge is 0.168 e. The molecule has 19 heavy (non-hydrogen) atoms. The number of carbonyl (C=O) groups excluding carboxylic acids is 1. The van der Waals surface area contributed by atoms with E-state index in [9.17, 15) is 13.6 Å². The van der Waals surface area contributed by atoms with E-state index < -0.39 is 11.6 Å². The van der Waals surface area contributed by atoms with Gasteiger partial charge < -0.3 is 0 Å². The minimum absolute atomic E-state index is 0.0655. The highest BCUT2D eigenvalue weighted by Gasteiger charge is 2.14. The Kier molecular flexibility index (Phi) is 4.67. The van der Waals surface area contributed by atoms with Crippen LogP contribution in [0.2, 0.25) is 0 Å². The van der Waals surface area contributed by atoms with Crippen LogP contribution in [0.5, 0.6) is 0 Å². The monoisotopic (exact) mass is 436 g/mol. The van der Waals surface area contributed by atoms with E-state index in [2.05, 4.69) is 38.5 Å². The summed E-state index contributed by atoms with van der Waals surface area (Å²) in [5.74, 6) is -1.38. The fourth-order valence-corrected chi connectivity index (χ4v) is 2.62. The molecule has 0 bridgehead atoms. The first-order chi connectivity index (χ1) is 8.97. The maximum absolute atomic E-state index is 13.5. The van der Waals surface area contributed by atoms with Crippen molar-refractivity contribution in [2.45, 2.75) is 6.42 Å². The molecule has 5 heteroatoms. The number of halogens is 4. The second-order valence-corrected chi connectivity index (χ2v) is 6.06. The SMILES string of the molecule is O=C(Cc1cc(F)ccc1F)c1cc(I)ccc1Br. The summed E-state index contributed by atoms with van der Waals surface area (Å²) in [4.78, 5) is 12.1. The molecule has 0 aliphatic heterocycles. The minimum atomic E-state index is -0.573. The Morgan fingerprint density at radius 3 is 2.63 bits per heavy atom. The van der Waals surface area contributed by atoms with Crippen molar-refractivity contribution in [3.05, 3.63) is 67.2 Å². The molecule has 0 aliphatic carbocycles. The van der Waals surface area contributed by atoms with Crippen LogP contribution >= 0.6 is 38.5 Å². The topological polar surface area (TPSA) is 17.1 Å². The van der Waals surface area contributed by atoms with Crippen molar-refractivity contribution in [3.8, 4) is 0 Å². The van der Waals surface area contributed by atoms with E-state index in [4.69, 9.17) is 0 Å². The van der Waals surface area contributed by atoms with Crippen molar-refractivity contribution in [2.24, 2.45) is 0 Å². The molecule has 0 aromatic heterocycles. The highest BCUT2D eigenvalue weighted by atomic mass is 127. The molecule has 0 unspecified atom stereocenters. The lowest BCUT2D eigenvalue weighted by atomic mass is 10.0. The normalized spacial score (nSPS) is 10.5. The molecule has 0 atom stereocenters. The first kappa shape index (κ1) is 14.6. The molecule has 0 N–H and O–H groups in total. The molecule has 0 radical (unpaired) electrons. The lowest BCUT2D eigenvalue weighted by molar-refractivity contribution is 0.0991. The van der Waals surface area contributed by atoms with Gasteiger partial charge in [0.25, 0.3) is 0 Å². The second-order valence-electron chi connectivity index (χ2n) is 3.96. The Labute approximate surface area is 131 Å². The zero-order chi connectivity index (χ0) is 14.0. The molecule has 0 aliphatic rings. The van der Waals surface area contributed by atoms with Crippen LogP contribution in [0.4, 0.5) is 8.78 Å². The molecule has 2 aromatic rings. The van der Waals surface area contributed by atoms with Crippen LogP contribution in [0.3, 0.4) is 0 Å². The number of hydrogen-bond acceptors (Lipinski definition) is 1. The summed E-state index contributed by atoms with van der Waals surface area (Å²) in [5, 5.41) is 0. The third-order valence-corrected chi connectivity index (χ3v) is 3.95. The number of rotatable bonds is 3. The zero-order valence-electron chi connectivity index (χ0n) is 9.59. The third-order valence-electron chi connectivity index (χ3n) is 2.59. The van der Waals surface area contributed by atoms with Gasteiger partial charge in [0.1, 0.15) is 11.6 Å². The molecule has 2 aromatic carbocycles. The Hall–Kier alpha value is -0.820. The van der Waals surface area contributed by atoms with Crippen LogP contribution in [0.25, 0.3) is 0 Å². The highest BCUT2D eigenvalue weighted by molar-refractivity contribution is 14.1.